The van der Waals surface area contributed by atoms with Gasteiger partial charge in [-0.1, -0.05) is 6.42 Å². The third-order valence-electron chi connectivity index (χ3n) is 7.49. The Morgan fingerprint density at radius 1 is 1.08 bits per heavy atom. The van der Waals surface area contributed by atoms with Crippen molar-refractivity contribution < 1.29 is 9.47 Å². The van der Waals surface area contributed by atoms with E-state index in [1.54, 1.807) is 0 Å². The Morgan fingerprint density at radius 3 is 2.46 bits per heavy atom. The van der Waals surface area contributed by atoms with E-state index in [-0.39, 0.29) is 0 Å². The molecule has 4 heteroatoms. The number of nitrogens with zero attached hydrogens (tertiary/aromatic N) is 2. The van der Waals surface area contributed by atoms with Gasteiger partial charge in [0.25, 0.3) is 0 Å². The largest absolute Gasteiger partial charge is 0.384 e. The van der Waals surface area contributed by atoms with Gasteiger partial charge < -0.3 is 19.3 Å². The summed E-state index contributed by atoms with van der Waals surface area (Å²) in [4.78, 5) is 5.57. The molecule has 1 atom stereocenters. The maximum atomic E-state index is 5.64. The fourth-order valence-electron chi connectivity index (χ4n) is 5.66. The van der Waals surface area contributed by atoms with Crippen molar-refractivity contribution in [1.82, 2.24) is 9.80 Å². The molecule has 0 bridgehead atoms. The quantitative estimate of drug-likeness (QED) is 0.770. The molecular formula is C20H36N2O2. The standard InChI is InChI=1S/C20H36N2O2/c1-23-15-18-14-21(13-17-5-11-24-12-6-17)16-20(18)7-9-22(10-8-20)19-3-2-4-19/h17-19H,2-16H2,1H3. The predicted octanol–water partition coefficient (Wildman–Crippen LogP) is 2.63. The predicted molar refractivity (Wildman–Crippen MR) is 96.2 cm³/mol. The lowest BCUT2D eigenvalue weighted by Gasteiger charge is -2.47. The first kappa shape index (κ1) is 17.3. The Labute approximate surface area is 147 Å². The van der Waals surface area contributed by atoms with E-state index in [1.165, 1.54) is 77.7 Å². The van der Waals surface area contributed by atoms with Crippen molar-refractivity contribution in [2.45, 2.75) is 51.0 Å². The van der Waals surface area contributed by atoms with E-state index in [4.69, 9.17) is 9.47 Å². The molecule has 0 N–H and O–H groups in total. The molecule has 3 aliphatic heterocycles. The minimum absolute atomic E-state index is 0.529. The molecule has 1 unspecified atom stereocenters. The molecule has 1 aliphatic carbocycles. The Morgan fingerprint density at radius 2 is 1.83 bits per heavy atom. The van der Waals surface area contributed by atoms with Gasteiger partial charge in [-0.15, -0.1) is 0 Å². The van der Waals surface area contributed by atoms with Gasteiger partial charge in [0.05, 0.1) is 6.61 Å². The van der Waals surface area contributed by atoms with E-state index in [1.807, 2.05) is 7.11 Å². The molecule has 1 spiro atoms. The highest BCUT2D eigenvalue weighted by Crippen LogP contribution is 2.46. The summed E-state index contributed by atoms with van der Waals surface area (Å²) in [5, 5.41) is 0. The number of hydrogen-bond acceptors (Lipinski definition) is 4. The average Bonchev–Trinajstić information content (AvgIpc) is 2.86. The molecule has 138 valence electrons. The van der Waals surface area contributed by atoms with E-state index in [0.717, 1.165) is 37.7 Å². The van der Waals surface area contributed by atoms with Crippen molar-refractivity contribution in [2.24, 2.45) is 17.3 Å². The van der Waals surface area contributed by atoms with Crippen molar-refractivity contribution in [3.63, 3.8) is 0 Å². The Hall–Kier alpha value is -0.160. The Balaban J connectivity index is 1.35. The second-order valence-electron chi connectivity index (χ2n) is 8.89. The maximum Gasteiger partial charge on any atom is 0.0508 e. The highest BCUT2D eigenvalue weighted by atomic mass is 16.5. The van der Waals surface area contributed by atoms with Crippen molar-refractivity contribution in [1.29, 1.82) is 0 Å². The highest BCUT2D eigenvalue weighted by molar-refractivity contribution is 5.01. The van der Waals surface area contributed by atoms with E-state index in [0.29, 0.717) is 5.41 Å². The van der Waals surface area contributed by atoms with Crippen LogP contribution in [0.15, 0.2) is 0 Å². The SMILES string of the molecule is COCC1CN(CC2CCOCC2)CC12CCN(C1CCC1)CC2. The molecule has 4 nitrogen and oxygen atoms in total. The lowest BCUT2D eigenvalue weighted by atomic mass is 9.70. The normalized spacial score (nSPS) is 33.1. The van der Waals surface area contributed by atoms with Crippen LogP contribution in [0.2, 0.25) is 0 Å². The summed E-state index contributed by atoms with van der Waals surface area (Å²) in [7, 11) is 1.89. The molecule has 0 aromatic carbocycles. The zero-order valence-electron chi connectivity index (χ0n) is 15.5. The molecular weight excluding hydrogens is 300 g/mol. The molecule has 0 aromatic rings. The first-order valence-corrected chi connectivity index (χ1v) is 10.3. The topological polar surface area (TPSA) is 24.9 Å². The zero-order chi connectivity index (χ0) is 16.4. The van der Waals surface area contributed by atoms with Crippen LogP contribution in [0.3, 0.4) is 0 Å². The fraction of sp³-hybridized carbons (Fsp3) is 1.00. The van der Waals surface area contributed by atoms with Gasteiger partial charge >= 0.3 is 0 Å². The van der Waals surface area contributed by atoms with Gasteiger partial charge in [-0.05, 0) is 62.9 Å². The number of rotatable bonds is 5. The average molecular weight is 337 g/mol. The van der Waals surface area contributed by atoms with E-state index in [9.17, 15) is 0 Å². The molecule has 1 saturated carbocycles. The van der Waals surface area contributed by atoms with Gasteiger partial charge in [0.2, 0.25) is 0 Å². The molecule has 4 fully saturated rings. The molecule has 3 saturated heterocycles. The van der Waals surface area contributed by atoms with Crippen LogP contribution in [0.5, 0.6) is 0 Å². The van der Waals surface area contributed by atoms with Crippen molar-refractivity contribution in [2.75, 3.05) is 59.7 Å². The monoisotopic (exact) mass is 336 g/mol. The molecule has 4 rings (SSSR count). The molecule has 0 radical (unpaired) electrons. The van der Waals surface area contributed by atoms with Crippen LogP contribution in [0.4, 0.5) is 0 Å². The summed E-state index contributed by atoms with van der Waals surface area (Å²) in [5.74, 6) is 1.60. The maximum absolute atomic E-state index is 5.64. The van der Waals surface area contributed by atoms with Crippen LogP contribution in [-0.2, 0) is 9.47 Å². The number of piperidine rings is 1. The van der Waals surface area contributed by atoms with Crippen LogP contribution in [-0.4, -0.2) is 75.5 Å². The first-order valence-electron chi connectivity index (χ1n) is 10.3. The molecule has 4 aliphatic rings. The zero-order valence-corrected chi connectivity index (χ0v) is 15.5. The van der Waals surface area contributed by atoms with Crippen molar-refractivity contribution in [3.05, 3.63) is 0 Å². The highest BCUT2D eigenvalue weighted by Gasteiger charge is 2.48. The lowest BCUT2D eigenvalue weighted by Crippen LogP contribution is -2.50. The number of hydrogen-bond donors (Lipinski definition) is 0. The van der Waals surface area contributed by atoms with Crippen LogP contribution < -0.4 is 0 Å². The number of methoxy groups -OCH3 is 1. The van der Waals surface area contributed by atoms with Crippen LogP contribution in [0.1, 0.15) is 44.9 Å². The van der Waals surface area contributed by atoms with E-state index >= 15 is 0 Å². The lowest BCUT2D eigenvalue weighted by molar-refractivity contribution is 0.00754. The molecule has 3 heterocycles. The molecule has 24 heavy (non-hydrogen) atoms. The summed E-state index contributed by atoms with van der Waals surface area (Å²) in [6.45, 7) is 9.42. The summed E-state index contributed by atoms with van der Waals surface area (Å²) in [6.07, 6.45) is 9.65. The summed E-state index contributed by atoms with van der Waals surface area (Å²) < 4.78 is 11.2. The minimum atomic E-state index is 0.529. The second kappa shape index (κ2) is 7.61. The number of ether oxygens (including phenoxy) is 2. The third-order valence-corrected chi connectivity index (χ3v) is 7.49. The van der Waals surface area contributed by atoms with Crippen molar-refractivity contribution in [3.8, 4) is 0 Å². The van der Waals surface area contributed by atoms with E-state index in [2.05, 4.69) is 9.80 Å². The van der Waals surface area contributed by atoms with Crippen LogP contribution >= 0.6 is 0 Å². The number of likely N-dealkylation sites (tertiary alicyclic amines) is 2. The van der Waals surface area contributed by atoms with Gasteiger partial charge in [-0.2, -0.15) is 0 Å². The van der Waals surface area contributed by atoms with Gasteiger partial charge in [0.1, 0.15) is 0 Å². The van der Waals surface area contributed by atoms with Gasteiger partial charge in [0.15, 0.2) is 0 Å². The fourth-order valence-corrected chi connectivity index (χ4v) is 5.66. The third kappa shape index (κ3) is 3.53. The molecule has 0 amide bonds. The summed E-state index contributed by atoms with van der Waals surface area (Å²) in [6, 6.07) is 0.919. The summed E-state index contributed by atoms with van der Waals surface area (Å²) >= 11 is 0. The van der Waals surface area contributed by atoms with Gasteiger partial charge in [-0.25, -0.2) is 0 Å². The van der Waals surface area contributed by atoms with Crippen molar-refractivity contribution >= 4 is 0 Å². The van der Waals surface area contributed by atoms with Crippen LogP contribution in [0.25, 0.3) is 0 Å². The molecule has 0 aromatic heterocycles. The van der Waals surface area contributed by atoms with Crippen LogP contribution in [0, 0.1) is 17.3 Å². The first-order chi connectivity index (χ1) is 11.8. The minimum Gasteiger partial charge on any atom is -0.384 e. The van der Waals surface area contributed by atoms with E-state index < -0.39 is 0 Å². The van der Waals surface area contributed by atoms with Gasteiger partial charge in [-0.3, -0.25) is 0 Å². The Bertz CT molecular complexity index is 398. The smallest absolute Gasteiger partial charge is 0.0508 e. The Kier molecular flexibility index (Phi) is 5.47. The van der Waals surface area contributed by atoms with Gasteiger partial charge in [0, 0.05) is 51.9 Å². The summed E-state index contributed by atoms with van der Waals surface area (Å²) in [5.41, 5.74) is 0.529. The second-order valence-corrected chi connectivity index (χ2v) is 8.89.